The van der Waals surface area contributed by atoms with E-state index >= 15 is 0 Å². The van der Waals surface area contributed by atoms with Crippen molar-refractivity contribution in [3.8, 4) is 5.75 Å². The smallest absolute Gasteiger partial charge is 0.255 e. The predicted molar refractivity (Wildman–Crippen MR) is 160 cm³/mol. The Balaban J connectivity index is 2.13. The van der Waals surface area contributed by atoms with E-state index in [0.29, 0.717) is 19.5 Å². The van der Waals surface area contributed by atoms with Crippen molar-refractivity contribution in [1.29, 1.82) is 0 Å². The summed E-state index contributed by atoms with van der Waals surface area (Å²) in [5.74, 6) is -0.517. The van der Waals surface area contributed by atoms with Gasteiger partial charge in [-0.25, -0.2) is 0 Å². The lowest BCUT2D eigenvalue weighted by Crippen LogP contribution is -2.37. The molecule has 38 heavy (non-hydrogen) atoms. The molecule has 1 aromatic carbocycles. The second-order valence-corrected chi connectivity index (χ2v) is 8.82. The Morgan fingerprint density at radius 1 is 0.711 bits per heavy atom. The van der Waals surface area contributed by atoms with Gasteiger partial charge in [-0.05, 0) is 63.5 Å². The molecule has 1 atom stereocenters. The fraction of sp³-hybridized carbons (Fsp3) is 0.394. The molecule has 206 valence electrons. The van der Waals surface area contributed by atoms with Crippen LogP contribution in [0.5, 0.6) is 5.75 Å². The number of hydrogen-bond donors (Lipinski definition) is 3. The molecule has 5 nitrogen and oxygen atoms in total. The van der Waals surface area contributed by atoms with Gasteiger partial charge in [0.2, 0.25) is 5.91 Å². The zero-order valence-electron chi connectivity index (χ0n) is 23.1. The summed E-state index contributed by atoms with van der Waals surface area (Å²) in [5.41, 5.74) is 0.225. The Hall–Kier alpha value is -3.60. The van der Waals surface area contributed by atoms with Crippen LogP contribution in [0.15, 0.2) is 97.2 Å². The van der Waals surface area contributed by atoms with E-state index in [9.17, 15) is 14.7 Å². The number of benzene rings is 1. The van der Waals surface area contributed by atoms with Gasteiger partial charge in [0, 0.05) is 19.0 Å². The van der Waals surface area contributed by atoms with Crippen LogP contribution in [0.3, 0.4) is 0 Å². The third-order valence-electron chi connectivity index (χ3n) is 5.74. The summed E-state index contributed by atoms with van der Waals surface area (Å²) < 4.78 is 0. The molecule has 0 saturated carbocycles. The molecule has 0 aromatic heterocycles. The molecule has 1 aromatic rings. The van der Waals surface area contributed by atoms with E-state index < -0.39 is 0 Å². The Bertz CT molecular complexity index is 970. The zero-order valence-corrected chi connectivity index (χ0v) is 23.1. The highest BCUT2D eigenvalue weighted by Gasteiger charge is 2.14. The van der Waals surface area contributed by atoms with Crippen LogP contribution in [-0.2, 0) is 4.79 Å². The van der Waals surface area contributed by atoms with Crippen LogP contribution in [0.2, 0.25) is 0 Å². The van der Waals surface area contributed by atoms with Crippen molar-refractivity contribution in [2.24, 2.45) is 5.92 Å². The van der Waals surface area contributed by atoms with Gasteiger partial charge in [0.05, 0.1) is 5.56 Å². The highest BCUT2D eigenvalue weighted by Crippen LogP contribution is 2.14. The Labute approximate surface area is 229 Å². The third kappa shape index (κ3) is 16.2. The molecule has 5 heteroatoms. The number of carbonyl (C=O) groups is 2. The topological polar surface area (TPSA) is 78.4 Å². The average Bonchev–Trinajstić information content (AvgIpc) is 2.92. The van der Waals surface area contributed by atoms with E-state index in [1.807, 2.05) is 6.92 Å². The second kappa shape index (κ2) is 22.6. The van der Waals surface area contributed by atoms with Crippen LogP contribution in [0.1, 0.15) is 75.6 Å². The second-order valence-electron chi connectivity index (χ2n) is 8.82. The Kier molecular flexibility index (Phi) is 19.3. The first-order valence-corrected chi connectivity index (χ1v) is 13.8. The number of hydrogen-bond acceptors (Lipinski definition) is 3. The summed E-state index contributed by atoms with van der Waals surface area (Å²) in [6.45, 7) is 4.80. The molecule has 0 aliphatic rings. The van der Waals surface area contributed by atoms with Gasteiger partial charge in [-0.3, -0.25) is 9.59 Å². The van der Waals surface area contributed by atoms with E-state index in [4.69, 9.17) is 0 Å². The Morgan fingerprint density at radius 2 is 1.18 bits per heavy atom. The summed E-state index contributed by atoms with van der Waals surface area (Å²) in [5, 5.41) is 15.3. The first kappa shape index (κ1) is 32.4. The van der Waals surface area contributed by atoms with E-state index in [1.165, 1.54) is 6.07 Å². The fourth-order valence-corrected chi connectivity index (χ4v) is 3.51. The summed E-state index contributed by atoms with van der Waals surface area (Å²) in [6, 6.07) is 6.38. The molecule has 0 aliphatic heterocycles. The summed E-state index contributed by atoms with van der Waals surface area (Å²) in [6.07, 6.45) is 33.3. The number of allylic oxidation sites excluding steroid dienone is 12. The number of para-hydroxylation sites is 1. The first-order valence-electron chi connectivity index (χ1n) is 13.8. The number of phenols is 1. The van der Waals surface area contributed by atoms with Crippen molar-refractivity contribution < 1.29 is 14.7 Å². The van der Waals surface area contributed by atoms with Gasteiger partial charge in [-0.2, -0.15) is 0 Å². The minimum atomic E-state index is -0.359. The summed E-state index contributed by atoms with van der Waals surface area (Å²) >= 11 is 0. The van der Waals surface area contributed by atoms with Gasteiger partial charge < -0.3 is 15.7 Å². The highest BCUT2D eigenvalue weighted by molar-refractivity contribution is 5.96. The van der Waals surface area contributed by atoms with Crippen LogP contribution in [0, 0.1) is 5.92 Å². The number of carbonyl (C=O) groups excluding carboxylic acids is 2. The molecule has 0 heterocycles. The minimum absolute atomic E-state index is 0.0103. The van der Waals surface area contributed by atoms with Gasteiger partial charge >= 0.3 is 0 Å². The monoisotopic (exact) mass is 518 g/mol. The molecule has 0 saturated heterocycles. The molecule has 3 N–H and O–H groups in total. The van der Waals surface area contributed by atoms with E-state index in [2.05, 4.69) is 90.5 Å². The lowest BCUT2D eigenvalue weighted by molar-refractivity contribution is -0.124. The van der Waals surface area contributed by atoms with Crippen molar-refractivity contribution in [3.05, 3.63) is 103 Å². The number of aromatic hydroxyl groups is 1. The van der Waals surface area contributed by atoms with E-state index in [0.717, 1.165) is 44.9 Å². The standard InChI is InChI=1S/C33H46N2O3/c1-3-5-6-7-8-9-10-11-12-13-14-15-16-17-18-19-20-21-24-29(4-2)32(37)34-27-28-35-33(38)30-25-22-23-26-31(30)36/h5-6,8-9,11-12,14-15,17-18,20-23,25-26,29,36H,3-4,7,10,13,16,19,24,27-28H2,1-2H3,(H,34,37)(H,35,38). The van der Waals surface area contributed by atoms with Crippen molar-refractivity contribution in [3.63, 3.8) is 0 Å². The summed E-state index contributed by atoms with van der Waals surface area (Å²) in [7, 11) is 0. The fourth-order valence-electron chi connectivity index (χ4n) is 3.51. The predicted octanol–water partition coefficient (Wildman–Crippen LogP) is 7.35. The summed E-state index contributed by atoms with van der Waals surface area (Å²) in [4.78, 5) is 24.5. The maximum atomic E-state index is 12.4. The van der Waals surface area contributed by atoms with Crippen molar-refractivity contribution in [2.45, 2.75) is 65.2 Å². The molecule has 0 spiro atoms. The molecule has 1 rings (SSSR count). The first-order chi connectivity index (χ1) is 18.6. The van der Waals surface area contributed by atoms with Gasteiger partial charge in [-0.15, -0.1) is 0 Å². The maximum absolute atomic E-state index is 12.4. The van der Waals surface area contributed by atoms with Gasteiger partial charge in [-0.1, -0.05) is 98.9 Å². The van der Waals surface area contributed by atoms with Crippen LogP contribution >= 0.6 is 0 Å². The van der Waals surface area contributed by atoms with Gasteiger partial charge in [0.15, 0.2) is 0 Å². The largest absolute Gasteiger partial charge is 0.507 e. The number of nitrogens with one attached hydrogen (secondary N) is 2. The molecule has 1 unspecified atom stereocenters. The van der Waals surface area contributed by atoms with Crippen molar-refractivity contribution in [1.82, 2.24) is 10.6 Å². The molecular weight excluding hydrogens is 472 g/mol. The lowest BCUT2D eigenvalue weighted by Gasteiger charge is -2.13. The quantitative estimate of drug-likeness (QED) is 0.132. The number of amides is 2. The molecule has 0 bridgehead atoms. The normalized spacial score (nSPS) is 13.1. The van der Waals surface area contributed by atoms with Crippen LogP contribution in [-0.4, -0.2) is 30.0 Å². The molecule has 0 radical (unpaired) electrons. The van der Waals surface area contributed by atoms with Crippen molar-refractivity contribution in [2.75, 3.05) is 13.1 Å². The molecule has 0 aliphatic carbocycles. The minimum Gasteiger partial charge on any atom is -0.507 e. The van der Waals surface area contributed by atoms with Gasteiger partial charge in [0.25, 0.3) is 5.91 Å². The number of rotatable bonds is 19. The molecule has 2 amide bonds. The highest BCUT2D eigenvalue weighted by atomic mass is 16.3. The molecular formula is C33H46N2O3. The Morgan fingerprint density at radius 3 is 1.68 bits per heavy atom. The average molecular weight is 519 g/mol. The van der Waals surface area contributed by atoms with Crippen LogP contribution in [0.4, 0.5) is 0 Å². The van der Waals surface area contributed by atoms with E-state index in [1.54, 1.807) is 18.2 Å². The maximum Gasteiger partial charge on any atom is 0.255 e. The molecule has 0 fully saturated rings. The third-order valence-corrected chi connectivity index (χ3v) is 5.74. The van der Waals surface area contributed by atoms with Crippen molar-refractivity contribution >= 4 is 11.8 Å². The lowest BCUT2D eigenvalue weighted by atomic mass is 10.0. The SMILES string of the molecule is CCC=CCC=CCC=CCC=CCC=CCC=CCC(CC)C(=O)NCCNC(=O)c1ccccc1O. The van der Waals surface area contributed by atoms with E-state index in [-0.39, 0.29) is 29.0 Å². The van der Waals surface area contributed by atoms with Crippen LogP contribution in [0.25, 0.3) is 0 Å². The zero-order chi connectivity index (χ0) is 27.7. The van der Waals surface area contributed by atoms with Gasteiger partial charge in [0.1, 0.15) is 5.75 Å². The van der Waals surface area contributed by atoms with Crippen LogP contribution < -0.4 is 10.6 Å². The number of phenolic OH excluding ortho intramolecular Hbond substituents is 1.